The topological polar surface area (TPSA) is 172 Å². The van der Waals surface area contributed by atoms with Crippen LogP contribution in [0.5, 0.6) is 0 Å². The van der Waals surface area contributed by atoms with Gasteiger partial charge in [0.2, 0.25) is 0 Å². The maximum Gasteiger partial charge on any atom is 0.488 e. The zero-order valence-electron chi connectivity index (χ0n) is 21.8. The van der Waals surface area contributed by atoms with E-state index in [4.69, 9.17) is 14.9 Å². The van der Waals surface area contributed by atoms with Gasteiger partial charge in [0.05, 0.1) is 13.2 Å². The summed E-state index contributed by atoms with van der Waals surface area (Å²) in [5, 5.41) is 27.2. The SMILES string of the molecule is CCCCCCCCCCCCCCCCCC(=O)OC[C@@H](O)COP(=O)(O)ON[C@@H](CO)C(=O)O. The van der Waals surface area contributed by atoms with Gasteiger partial charge in [-0.2, -0.15) is 10.1 Å². The van der Waals surface area contributed by atoms with Gasteiger partial charge in [-0.05, 0) is 6.42 Å². The molecule has 214 valence electrons. The number of aliphatic hydroxyl groups excluding tert-OH is 2. The summed E-state index contributed by atoms with van der Waals surface area (Å²) in [5.41, 5.74) is 1.69. The van der Waals surface area contributed by atoms with Crippen molar-refractivity contribution < 1.29 is 48.3 Å². The molecule has 0 amide bonds. The second-order valence-corrected chi connectivity index (χ2v) is 10.5. The van der Waals surface area contributed by atoms with Gasteiger partial charge in [0.15, 0.2) is 6.04 Å². The van der Waals surface area contributed by atoms with E-state index in [-0.39, 0.29) is 6.42 Å². The van der Waals surface area contributed by atoms with E-state index in [2.05, 4.69) is 16.1 Å². The number of carbonyl (C=O) groups excluding carboxylic acids is 1. The summed E-state index contributed by atoms with van der Waals surface area (Å²) in [4.78, 5) is 31.9. The number of nitrogens with one attached hydrogen (secondary N) is 1. The van der Waals surface area contributed by atoms with Crippen molar-refractivity contribution in [1.29, 1.82) is 0 Å². The minimum Gasteiger partial charge on any atom is -0.480 e. The summed E-state index contributed by atoms with van der Waals surface area (Å²) in [6.45, 7) is 0.260. The van der Waals surface area contributed by atoms with Gasteiger partial charge < -0.3 is 24.9 Å². The number of rotatable bonds is 26. The number of phosphoric ester groups is 1. The molecule has 11 nitrogen and oxygen atoms in total. The molecule has 12 heteroatoms. The maximum atomic E-state index is 11.8. The smallest absolute Gasteiger partial charge is 0.480 e. The number of hydrogen-bond acceptors (Lipinski definition) is 9. The minimum absolute atomic E-state index is 0.231. The highest BCUT2D eigenvalue weighted by Gasteiger charge is 2.27. The van der Waals surface area contributed by atoms with Gasteiger partial charge in [0, 0.05) is 6.42 Å². The Labute approximate surface area is 215 Å². The molecule has 0 aromatic heterocycles. The Morgan fingerprint density at radius 3 is 1.75 bits per heavy atom. The van der Waals surface area contributed by atoms with Crippen molar-refractivity contribution >= 4 is 19.8 Å². The fourth-order valence-electron chi connectivity index (χ4n) is 3.45. The molecule has 0 aromatic carbocycles. The van der Waals surface area contributed by atoms with Crippen molar-refractivity contribution in [2.75, 3.05) is 19.8 Å². The number of aliphatic carboxylic acids is 1. The average molecular weight is 542 g/mol. The summed E-state index contributed by atoms with van der Waals surface area (Å²) in [6, 6.07) is -1.63. The van der Waals surface area contributed by atoms with Crippen LogP contribution < -0.4 is 5.48 Å². The summed E-state index contributed by atoms with van der Waals surface area (Å²) in [5.74, 6) is -1.97. The molecule has 36 heavy (non-hydrogen) atoms. The van der Waals surface area contributed by atoms with Gasteiger partial charge in [-0.3, -0.25) is 14.1 Å². The second kappa shape index (κ2) is 23.1. The summed E-state index contributed by atoms with van der Waals surface area (Å²) in [6.07, 6.45) is 17.3. The normalized spacial score (nSPS) is 14.8. The predicted octanol–water partition coefficient (Wildman–Crippen LogP) is 4.24. The number of carboxylic acids is 1. The molecular weight excluding hydrogens is 493 g/mol. The van der Waals surface area contributed by atoms with Crippen molar-refractivity contribution in [3.8, 4) is 0 Å². The number of aliphatic hydroxyl groups is 2. The molecular formula is C24H48NO10P. The van der Waals surface area contributed by atoms with Crippen molar-refractivity contribution in [2.45, 2.75) is 122 Å². The van der Waals surface area contributed by atoms with Crippen LogP contribution in [0.25, 0.3) is 0 Å². The third-order valence-electron chi connectivity index (χ3n) is 5.64. The van der Waals surface area contributed by atoms with Crippen LogP contribution in [0.15, 0.2) is 0 Å². The van der Waals surface area contributed by atoms with E-state index in [0.717, 1.165) is 19.3 Å². The van der Waals surface area contributed by atoms with E-state index >= 15 is 0 Å². The van der Waals surface area contributed by atoms with E-state index in [1.54, 1.807) is 5.48 Å². The lowest BCUT2D eigenvalue weighted by molar-refractivity contribution is -0.147. The first kappa shape index (κ1) is 34.9. The van der Waals surface area contributed by atoms with Crippen LogP contribution in [0.3, 0.4) is 0 Å². The van der Waals surface area contributed by atoms with Crippen LogP contribution in [0.2, 0.25) is 0 Å². The Bertz CT molecular complexity index is 607. The quantitative estimate of drug-likeness (QED) is 0.0459. The number of hydroxylamine groups is 1. The van der Waals surface area contributed by atoms with Crippen molar-refractivity contribution in [1.82, 2.24) is 5.48 Å². The van der Waals surface area contributed by atoms with Gasteiger partial charge in [-0.1, -0.05) is 96.8 Å². The number of hydrogen-bond donors (Lipinski definition) is 5. The maximum absolute atomic E-state index is 11.8. The Balaban J connectivity index is 3.60. The number of ether oxygens (including phenoxy) is 1. The van der Waals surface area contributed by atoms with E-state index < -0.39 is 51.7 Å². The number of unbranched alkanes of at least 4 members (excludes halogenated alkanes) is 14. The van der Waals surface area contributed by atoms with E-state index in [0.29, 0.717) is 6.42 Å². The van der Waals surface area contributed by atoms with Crippen molar-refractivity contribution in [2.24, 2.45) is 0 Å². The molecule has 0 radical (unpaired) electrons. The van der Waals surface area contributed by atoms with Crippen LogP contribution in [-0.2, 0) is 28.0 Å². The number of esters is 1. The van der Waals surface area contributed by atoms with Crippen molar-refractivity contribution in [3.63, 3.8) is 0 Å². The average Bonchev–Trinajstić information content (AvgIpc) is 2.84. The lowest BCUT2D eigenvalue weighted by atomic mass is 10.0. The Morgan fingerprint density at radius 2 is 1.31 bits per heavy atom. The molecule has 0 bridgehead atoms. The first-order valence-electron chi connectivity index (χ1n) is 13.3. The molecule has 1 unspecified atom stereocenters. The van der Waals surface area contributed by atoms with Gasteiger partial charge in [-0.15, -0.1) is 0 Å². The van der Waals surface area contributed by atoms with E-state index in [9.17, 15) is 24.2 Å². The van der Waals surface area contributed by atoms with E-state index in [1.165, 1.54) is 70.6 Å². The summed E-state index contributed by atoms with van der Waals surface area (Å²) in [7, 11) is -4.73. The molecule has 0 fully saturated rings. The Kier molecular flexibility index (Phi) is 22.4. The van der Waals surface area contributed by atoms with Crippen LogP contribution in [0.1, 0.15) is 110 Å². The van der Waals surface area contributed by atoms with Gasteiger partial charge in [0.25, 0.3) is 0 Å². The third kappa shape index (κ3) is 22.2. The fourth-order valence-corrected chi connectivity index (χ4v) is 4.13. The highest BCUT2D eigenvalue weighted by molar-refractivity contribution is 7.47. The van der Waals surface area contributed by atoms with Gasteiger partial charge >= 0.3 is 19.8 Å². The molecule has 0 rings (SSSR count). The van der Waals surface area contributed by atoms with Crippen LogP contribution in [-0.4, -0.2) is 64.1 Å². The molecule has 0 aliphatic heterocycles. The Hall–Kier alpha value is -1.07. The molecule has 0 heterocycles. The molecule has 0 saturated carbocycles. The molecule has 0 aliphatic carbocycles. The van der Waals surface area contributed by atoms with Crippen LogP contribution >= 0.6 is 7.82 Å². The number of phosphoric acid groups is 1. The zero-order valence-corrected chi connectivity index (χ0v) is 22.7. The molecule has 0 aromatic rings. The molecule has 0 aliphatic rings. The third-order valence-corrected chi connectivity index (χ3v) is 6.45. The fraction of sp³-hybridized carbons (Fsp3) is 0.917. The first-order valence-corrected chi connectivity index (χ1v) is 14.8. The molecule has 0 spiro atoms. The summed E-state index contributed by atoms with van der Waals surface area (Å²) < 4.78 is 25.3. The lowest BCUT2D eigenvalue weighted by Crippen LogP contribution is -2.39. The highest BCUT2D eigenvalue weighted by atomic mass is 31.2. The molecule has 0 saturated heterocycles. The van der Waals surface area contributed by atoms with Gasteiger partial charge in [-0.25, -0.2) is 4.57 Å². The number of carbonyl (C=O) groups is 2. The number of carboxylic acid groups (broad SMARTS) is 1. The predicted molar refractivity (Wildman–Crippen MR) is 135 cm³/mol. The first-order chi connectivity index (χ1) is 17.2. The Morgan fingerprint density at radius 1 is 0.833 bits per heavy atom. The second-order valence-electron chi connectivity index (χ2n) is 9.08. The monoisotopic (exact) mass is 541 g/mol. The highest BCUT2D eigenvalue weighted by Crippen LogP contribution is 2.42. The molecule has 3 atom stereocenters. The van der Waals surface area contributed by atoms with Crippen LogP contribution in [0.4, 0.5) is 0 Å². The summed E-state index contributed by atoms with van der Waals surface area (Å²) >= 11 is 0. The van der Waals surface area contributed by atoms with Crippen LogP contribution in [0, 0.1) is 0 Å². The standard InChI is InChI=1S/C24H48NO10P/c1-2-3-4-5-6-7-8-9-10-11-12-13-14-15-16-17-23(28)33-19-21(27)20-34-36(31,32)35-25-22(18-26)24(29)30/h21-22,25-27H,2-20H2,1H3,(H,29,30)(H,31,32)/t21-,22+/m1/s1. The van der Waals surface area contributed by atoms with Crippen molar-refractivity contribution in [3.05, 3.63) is 0 Å². The zero-order chi connectivity index (χ0) is 27.1. The van der Waals surface area contributed by atoms with E-state index in [1.807, 2.05) is 0 Å². The lowest BCUT2D eigenvalue weighted by Gasteiger charge is -2.17. The van der Waals surface area contributed by atoms with Gasteiger partial charge in [0.1, 0.15) is 12.7 Å². The largest absolute Gasteiger partial charge is 0.488 e. The molecule has 5 N–H and O–H groups in total. The minimum atomic E-state index is -4.73.